The van der Waals surface area contributed by atoms with E-state index in [1.807, 2.05) is 0 Å². The largest absolute Gasteiger partial charge is 0.469 e. The van der Waals surface area contributed by atoms with Crippen molar-refractivity contribution < 1.29 is 17.9 Å². The van der Waals surface area contributed by atoms with Gasteiger partial charge in [-0.2, -0.15) is 0 Å². The van der Waals surface area contributed by atoms with E-state index in [0.717, 1.165) is 12.8 Å². The molecule has 0 aliphatic heterocycles. The number of esters is 1. The normalized spacial score (nSPS) is 31.6. The maximum Gasteiger partial charge on any atom is 0.312 e. The number of nitrogens with one attached hydrogen (secondary N) is 1. The summed E-state index contributed by atoms with van der Waals surface area (Å²) in [7, 11) is -2.12. The summed E-state index contributed by atoms with van der Waals surface area (Å²) in [5.41, 5.74) is -0.432. The molecule has 6 heteroatoms. The fourth-order valence-electron chi connectivity index (χ4n) is 3.40. The van der Waals surface area contributed by atoms with E-state index in [0.29, 0.717) is 6.42 Å². The number of fused-ring (bicyclic) bond motifs is 1. The summed E-state index contributed by atoms with van der Waals surface area (Å²) in [4.78, 5) is 12.0. The molecule has 0 radical (unpaired) electrons. The summed E-state index contributed by atoms with van der Waals surface area (Å²) in [5.74, 6) is -0.127. The van der Waals surface area contributed by atoms with Crippen LogP contribution in [0.4, 0.5) is 0 Å². The molecule has 3 atom stereocenters. The average molecular weight is 295 g/mol. The Balaban J connectivity index is 1.71. The van der Waals surface area contributed by atoms with Gasteiger partial charge in [0.15, 0.2) is 0 Å². The van der Waals surface area contributed by atoms with Gasteiger partial charge in [0.1, 0.15) is 0 Å². The molecule has 0 bridgehead atoms. The fourth-order valence-corrected chi connectivity index (χ4v) is 4.70. The molecule has 1 aromatic rings. The molecule has 0 aromatic heterocycles. The summed E-state index contributed by atoms with van der Waals surface area (Å²) < 4.78 is 32.0. The van der Waals surface area contributed by atoms with Crippen LogP contribution in [0.15, 0.2) is 35.2 Å². The number of methoxy groups -OCH3 is 1. The number of benzene rings is 1. The van der Waals surface area contributed by atoms with Crippen molar-refractivity contribution in [2.24, 2.45) is 11.3 Å². The number of hydrogen-bond donors (Lipinski definition) is 1. The third-order valence-electron chi connectivity index (χ3n) is 4.63. The zero-order valence-electron chi connectivity index (χ0n) is 11.2. The molecule has 2 fully saturated rings. The van der Waals surface area contributed by atoms with Crippen LogP contribution < -0.4 is 4.72 Å². The Kier molecular flexibility index (Phi) is 3.10. The van der Waals surface area contributed by atoms with E-state index >= 15 is 0 Å². The van der Waals surface area contributed by atoms with Crippen LogP contribution >= 0.6 is 0 Å². The molecule has 1 aromatic carbocycles. The molecule has 5 nitrogen and oxygen atoms in total. The van der Waals surface area contributed by atoms with Gasteiger partial charge in [0.25, 0.3) is 0 Å². The maximum atomic E-state index is 12.2. The van der Waals surface area contributed by atoms with E-state index in [-0.39, 0.29) is 22.8 Å². The number of ether oxygens (including phenoxy) is 1. The molecule has 0 heterocycles. The Bertz CT molecular complexity index is 628. The molecular weight excluding hydrogens is 278 g/mol. The minimum absolute atomic E-state index is 0.0773. The number of rotatable bonds is 4. The van der Waals surface area contributed by atoms with Gasteiger partial charge in [0, 0.05) is 6.04 Å². The minimum Gasteiger partial charge on any atom is -0.469 e. The lowest BCUT2D eigenvalue weighted by Crippen LogP contribution is -2.67. The minimum atomic E-state index is -3.50. The summed E-state index contributed by atoms with van der Waals surface area (Å²) in [6.07, 6.45) is 2.21. The molecule has 3 rings (SSSR count). The Hall–Kier alpha value is -1.40. The Morgan fingerprint density at radius 3 is 2.55 bits per heavy atom. The molecule has 20 heavy (non-hydrogen) atoms. The van der Waals surface area contributed by atoms with E-state index in [2.05, 4.69) is 4.72 Å². The van der Waals surface area contributed by atoms with Crippen molar-refractivity contribution in [2.45, 2.75) is 30.2 Å². The summed E-state index contributed by atoms with van der Waals surface area (Å²) >= 11 is 0. The highest BCUT2D eigenvalue weighted by atomic mass is 32.2. The lowest BCUT2D eigenvalue weighted by molar-refractivity contribution is -0.185. The predicted octanol–water partition coefficient (Wildman–Crippen LogP) is 1.31. The average Bonchev–Trinajstić information content (AvgIpc) is 2.43. The molecule has 1 N–H and O–H groups in total. The zero-order valence-corrected chi connectivity index (χ0v) is 12.0. The van der Waals surface area contributed by atoms with Crippen molar-refractivity contribution in [3.63, 3.8) is 0 Å². The SMILES string of the molecule is COC(=O)C12CCC1C(NS(=O)(=O)c1ccccc1)C2. The van der Waals surface area contributed by atoms with Crippen LogP contribution in [0.3, 0.4) is 0 Å². The van der Waals surface area contributed by atoms with Crippen LogP contribution in [0.2, 0.25) is 0 Å². The predicted molar refractivity (Wildman–Crippen MR) is 72.3 cm³/mol. The van der Waals surface area contributed by atoms with Crippen molar-refractivity contribution >= 4 is 16.0 Å². The van der Waals surface area contributed by atoms with Gasteiger partial charge in [0.05, 0.1) is 17.4 Å². The highest BCUT2D eigenvalue weighted by Crippen LogP contribution is 2.61. The van der Waals surface area contributed by atoms with Crippen LogP contribution in [0.1, 0.15) is 19.3 Å². The lowest BCUT2D eigenvalue weighted by Gasteiger charge is -2.60. The number of hydrogen-bond acceptors (Lipinski definition) is 4. The summed E-state index contributed by atoms with van der Waals surface area (Å²) in [6.45, 7) is 0. The molecule has 108 valence electrons. The quantitative estimate of drug-likeness (QED) is 0.850. The first kappa shape index (κ1) is 13.6. The van der Waals surface area contributed by atoms with Gasteiger partial charge in [-0.25, -0.2) is 13.1 Å². The topological polar surface area (TPSA) is 72.5 Å². The van der Waals surface area contributed by atoms with Gasteiger partial charge in [-0.1, -0.05) is 18.2 Å². The highest BCUT2D eigenvalue weighted by Gasteiger charge is 2.65. The molecule has 2 aliphatic rings. The van der Waals surface area contributed by atoms with Crippen LogP contribution in [0.25, 0.3) is 0 Å². The van der Waals surface area contributed by atoms with Gasteiger partial charge >= 0.3 is 5.97 Å². The molecular formula is C14H17NO4S. The second kappa shape index (κ2) is 4.56. The highest BCUT2D eigenvalue weighted by molar-refractivity contribution is 7.89. The van der Waals surface area contributed by atoms with E-state index < -0.39 is 15.4 Å². The first-order valence-electron chi connectivity index (χ1n) is 6.65. The van der Waals surface area contributed by atoms with E-state index in [1.165, 1.54) is 7.11 Å². The van der Waals surface area contributed by atoms with Crippen LogP contribution in [-0.4, -0.2) is 27.5 Å². The third kappa shape index (κ3) is 1.86. The number of sulfonamides is 1. The first-order valence-corrected chi connectivity index (χ1v) is 8.14. The van der Waals surface area contributed by atoms with Crippen molar-refractivity contribution in [1.82, 2.24) is 4.72 Å². The molecule has 0 amide bonds. The fraction of sp³-hybridized carbons (Fsp3) is 0.500. The molecule has 3 unspecified atom stereocenters. The molecule has 2 saturated carbocycles. The standard InChI is InChI=1S/C14H17NO4S/c1-19-13(16)14-8-7-11(14)12(9-14)15-20(17,18)10-5-3-2-4-6-10/h2-6,11-12,15H,7-9H2,1H3. The van der Waals surface area contributed by atoms with Crippen molar-refractivity contribution in [3.8, 4) is 0 Å². The summed E-state index contributed by atoms with van der Waals surface area (Å²) in [6, 6.07) is 8.13. The Labute approximate surface area is 118 Å². The zero-order chi connectivity index (χ0) is 14.4. The lowest BCUT2D eigenvalue weighted by atomic mass is 9.45. The van der Waals surface area contributed by atoms with Crippen LogP contribution in [0.5, 0.6) is 0 Å². The van der Waals surface area contributed by atoms with E-state index in [4.69, 9.17) is 4.74 Å². The van der Waals surface area contributed by atoms with Crippen molar-refractivity contribution in [3.05, 3.63) is 30.3 Å². The van der Waals surface area contributed by atoms with Crippen LogP contribution in [-0.2, 0) is 19.6 Å². The molecule has 0 saturated heterocycles. The first-order chi connectivity index (χ1) is 9.49. The van der Waals surface area contributed by atoms with E-state index in [1.54, 1.807) is 30.3 Å². The Morgan fingerprint density at radius 1 is 1.35 bits per heavy atom. The number of carbonyl (C=O) groups is 1. The van der Waals surface area contributed by atoms with Gasteiger partial charge in [-0.3, -0.25) is 4.79 Å². The van der Waals surface area contributed by atoms with Gasteiger partial charge in [0.2, 0.25) is 10.0 Å². The van der Waals surface area contributed by atoms with Gasteiger partial charge < -0.3 is 4.74 Å². The second-order valence-electron chi connectivity index (χ2n) is 5.54. The molecule has 0 spiro atoms. The maximum absolute atomic E-state index is 12.2. The summed E-state index contributed by atoms with van der Waals surface area (Å²) in [5, 5.41) is 0. The van der Waals surface area contributed by atoms with E-state index in [9.17, 15) is 13.2 Å². The number of carbonyl (C=O) groups excluding carboxylic acids is 1. The second-order valence-corrected chi connectivity index (χ2v) is 7.25. The van der Waals surface area contributed by atoms with Gasteiger partial charge in [-0.15, -0.1) is 0 Å². The monoisotopic (exact) mass is 295 g/mol. The van der Waals surface area contributed by atoms with Crippen LogP contribution in [0, 0.1) is 11.3 Å². The Morgan fingerprint density at radius 2 is 2.05 bits per heavy atom. The smallest absolute Gasteiger partial charge is 0.312 e. The van der Waals surface area contributed by atoms with Crippen molar-refractivity contribution in [2.75, 3.05) is 7.11 Å². The third-order valence-corrected chi connectivity index (χ3v) is 6.14. The van der Waals surface area contributed by atoms with Crippen molar-refractivity contribution in [1.29, 1.82) is 0 Å². The van der Waals surface area contributed by atoms with Gasteiger partial charge in [-0.05, 0) is 37.3 Å². The molecule has 2 aliphatic carbocycles.